The lowest BCUT2D eigenvalue weighted by Crippen LogP contribution is -2.46. The number of urea groups is 1. The van der Waals surface area contributed by atoms with Crippen LogP contribution in [0.5, 0.6) is 0 Å². The van der Waals surface area contributed by atoms with Crippen LogP contribution in [-0.2, 0) is 20.9 Å². The molecule has 0 fully saturated rings. The number of imide groups is 1. The second kappa shape index (κ2) is 10.0. The van der Waals surface area contributed by atoms with E-state index in [2.05, 4.69) is 20.9 Å². The van der Waals surface area contributed by atoms with Gasteiger partial charge in [0.15, 0.2) is 6.10 Å². The molecule has 0 saturated carbocycles. The highest BCUT2D eigenvalue weighted by atomic mass is 16.5. The molecule has 1 atom stereocenters. The Morgan fingerprint density at radius 3 is 2.57 bits per heavy atom. The van der Waals surface area contributed by atoms with Crippen molar-refractivity contribution < 1.29 is 19.1 Å². The lowest BCUT2D eigenvalue weighted by molar-refractivity contribution is -0.149. The summed E-state index contributed by atoms with van der Waals surface area (Å²) in [4.78, 5) is 35.2. The van der Waals surface area contributed by atoms with Crippen LogP contribution in [0.3, 0.4) is 0 Å². The van der Waals surface area contributed by atoms with Crippen LogP contribution < -0.4 is 10.6 Å². The van der Waals surface area contributed by atoms with E-state index in [-0.39, 0.29) is 6.04 Å². The molecular weight excluding hydrogens is 362 g/mol. The standard InChI is InChI=1S/C19H23N5O4/c1-13(2)20-19(27)21-18(26)14(3)28-17(25)10-9-16-12-24(23-22-16)11-15-7-5-4-6-8-15/h4-10,12-14H,11H2,1-3H3,(H2,20,21,26,27)/b10-9+/t14-/m1/s1. The van der Waals surface area contributed by atoms with Gasteiger partial charge in [0.2, 0.25) is 0 Å². The molecule has 28 heavy (non-hydrogen) atoms. The Morgan fingerprint density at radius 1 is 1.18 bits per heavy atom. The average Bonchev–Trinajstić information content (AvgIpc) is 3.07. The molecule has 1 aromatic heterocycles. The zero-order chi connectivity index (χ0) is 20.5. The minimum Gasteiger partial charge on any atom is -0.449 e. The smallest absolute Gasteiger partial charge is 0.331 e. The van der Waals surface area contributed by atoms with Gasteiger partial charge in [-0.05, 0) is 32.4 Å². The monoisotopic (exact) mass is 385 g/mol. The maximum Gasteiger partial charge on any atom is 0.331 e. The largest absolute Gasteiger partial charge is 0.449 e. The van der Waals surface area contributed by atoms with E-state index in [0.29, 0.717) is 12.2 Å². The van der Waals surface area contributed by atoms with Crippen LogP contribution in [0.25, 0.3) is 6.08 Å². The average molecular weight is 385 g/mol. The van der Waals surface area contributed by atoms with E-state index in [1.807, 2.05) is 30.3 Å². The zero-order valence-corrected chi connectivity index (χ0v) is 16.0. The quantitative estimate of drug-likeness (QED) is 0.551. The molecule has 0 aliphatic rings. The van der Waals surface area contributed by atoms with E-state index in [9.17, 15) is 14.4 Å². The molecule has 1 heterocycles. The number of rotatable bonds is 7. The van der Waals surface area contributed by atoms with Gasteiger partial charge < -0.3 is 10.1 Å². The minimum absolute atomic E-state index is 0.121. The van der Waals surface area contributed by atoms with E-state index < -0.39 is 24.0 Å². The van der Waals surface area contributed by atoms with Crippen molar-refractivity contribution >= 4 is 24.0 Å². The van der Waals surface area contributed by atoms with Crippen molar-refractivity contribution in [3.63, 3.8) is 0 Å². The van der Waals surface area contributed by atoms with Gasteiger partial charge in [-0.2, -0.15) is 0 Å². The van der Waals surface area contributed by atoms with Crippen LogP contribution >= 0.6 is 0 Å². The van der Waals surface area contributed by atoms with Crippen LogP contribution in [0.1, 0.15) is 32.0 Å². The van der Waals surface area contributed by atoms with Crippen LogP contribution in [0.2, 0.25) is 0 Å². The molecule has 0 bridgehead atoms. The molecule has 9 heteroatoms. The normalized spacial score (nSPS) is 12.0. The topological polar surface area (TPSA) is 115 Å². The van der Waals surface area contributed by atoms with Gasteiger partial charge in [0.1, 0.15) is 5.69 Å². The van der Waals surface area contributed by atoms with E-state index >= 15 is 0 Å². The maximum absolute atomic E-state index is 11.8. The van der Waals surface area contributed by atoms with Crippen LogP contribution in [0, 0.1) is 0 Å². The van der Waals surface area contributed by atoms with E-state index in [0.717, 1.165) is 11.6 Å². The van der Waals surface area contributed by atoms with Gasteiger partial charge in [-0.3, -0.25) is 10.1 Å². The molecular formula is C19H23N5O4. The fraction of sp³-hybridized carbons (Fsp3) is 0.316. The number of benzene rings is 1. The third-order valence-electron chi connectivity index (χ3n) is 3.45. The highest BCUT2D eigenvalue weighted by Crippen LogP contribution is 2.04. The first kappa shape index (κ1) is 20.8. The summed E-state index contributed by atoms with van der Waals surface area (Å²) < 4.78 is 6.61. The van der Waals surface area contributed by atoms with E-state index in [1.54, 1.807) is 24.7 Å². The molecule has 9 nitrogen and oxygen atoms in total. The van der Waals surface area contributed by atoms with Gasteiger partial charge >= 0.3 is 12.0 Å². The van der Waals surface area contributed by atoms with E-state index in [4.69, 9.17) is 4.74 Å². The first-order chi connectivity index (χ1) is 13.3. The van der Waals surface area contributed by atoms with Crippen molar-refractivity contribution in [1.82, 2.24) is 25.6 Å². The molecule has 2 N–H and O–H groups in total. The van der Waals surface area contributed by atoms with Gasteiger partial charge in [-0.25, -0.2) is 14.3 Å². The molecule has 1 aromatic carbocycles. The van der Waals surface area contributed by atoms with Crippen molar-refractivity contribution in [3.05, 3.63) is 53.9 Å². The minimum atomic E-state index is -1.12. The third kappa shape index (κ3) is 7.02. The molecule has 0 saturated heterocycles. The molecule has 0 aliphatic heterocycles. The first-order valence-corrected chi connectivity index (χ1v) is 8.77. The SMILES string of the molecule is CC(C)NC(=O)NC(=O)[C@@H](C)OC(=O)/C=C/c1cn(Cc2ccccc2)nn1. The summed E-state index contributed by atoms with van der Waals surface area (Å²) in [5, 5.41) is 12.5. The Kier molecular flexibility index (Phi) is 7.44. The summed E-state index contributed by atoms with van der Waals surface area (Å²) in [6.45, 7) is 5.45. The van der Waals surface area contributed by atoms with Gasteiger partial charge in [-0.1, -0.05) is 35.5 Å². The number of nitrogens with one attached hydrogen (secondary N) is 2. The number of amides is 3. The fourth-order valence-electron chi connectivity index (χ4n) is 2.17. The number of carbonyl (C=O) groups excluding carboxylic acids is 3. The summed E-state index contributed by atoms with van der Waals surface area (Å²) in [5.41, 5.74) is 1.55. The number of nitrogens with zero attached hydrogens (tertiary/aromatic N) is 3. The Balaban J connectivity index is 1.83. The van der Waals surface area contributed by atoms with Crippen LogP contribution in [0.15, 0.2) is 42.6 Å². The summed E-state index contributed by atoms with van der Waals surface area (Å²) in [7, 11) is 0. The molecule has 3 amide bonds. The number of hydrogen-bond donors (Lipinski definition) is 2. The second-order valence-corrected chi connectivity index (χ2v) is 6.36. The third-order valence-corrected chi connectivity index (χ3v) is 3.45. The second-order valence-electron chi connectivity index (χ2n) is 6.36. The van der Waals surface area contributed by atoms with Crippen LogP contribution in [-0.4, -0.2) is 45.0 Å². The van der Waals surface area contributed by atoms with E-state index in [1.165, 1.54) is 13.0 Å². The fourth-order valence-corrected chi connectivity index (χ4v) is 2.17. The molecule has 0 spiro atoms. The highest BCUT2D eigenvalue weighted by molar-refractivity contribution is 5.98. The Bertz CT molecular complexity index is 845. The van der Waals surface area contributed by atoms with Crippen LogP contribution in [0.4, 0.5) is 4.79 Å². The Labute approximate surface area is 162 Å². The highest BCUT2D eigenvalue weighted by Gasteiger charge is 2.19. The molecule has 0 aliphatic carbocycles. The molecule has 2 rings (SSSR count). The van der Waals surface area contributed by atoms with Crippen molar-refractivity contribution in [1.29, 1.82) is 0 Å². The van der Waals surface area contributed by atoms with Gasteiger partial charge in [0.05, 0.1) is 12.7 Å². The summed E-state index contributed by atoms with van der Waals surface area (Å²) in [6, 6.07) is 8.99. The summed E-state index contributed by atoms with van der Waals surface area (Å²) in [6.07, 6.45) is 3.15. The molecule has 2 aromatic rings. The predicted octanol–water partition coefficient (Wildman–Crippen LogP) is 1.51. The van der Waals surface area contributed by atoms with Gasteiger partial charge in [0, 0.05) is 12.1 Å². The Hall–Kier alpha value is -3.49. The molecule has 148 valence electrons. The van der Waals surface area contributed by atoms with Crippen molar-refractivity contribution in [2.45, 2.75) is 39.5 Å². The number of hydrogen-bond acceptors (Lipinski definition) is 6. The lowest BCUT2D eigenvalue weighted by atomic mass is 10.2. The van der Waals surface area contributed by atoms with Gasteiger partial charge in [-0.15, -0.1) is 5.10 Å². The molecule has 0 radical (unpaired) electrons. The first-order valence-electron chi connectivity index (χ1n) is 8.77. The van der Waals surface area contributed by atoms with Crippen molar-refractivity contribution in [2.75, 3.05) is 0 Å². The predicted molar refractivity (Wildman–Crippen MR) is 102 cm³/mol. The number of carbonyl (C=O) groups is 3. The Morgan fingerprint density at radius 2 is 1.89 bits per heavy atom. The number of ether oxygens (including phenoxy) is 1. The van der Waals surface area contributed by atoms with Crippen molar-refractivity contribution in [3.8, 4) is 0 Å². The number of aromatic nitrogens is 3. The zero-order valence-electron chi connectivity index (χ0n) is 16.0. The summed E-state index contributed by atoms with van der Waals surface area (Å²) in [5.74, 6) is -1.45. The maximum atomic E-state index is 11.8. The van der Waals surface area contributed by atoms with Crippen molar-refractivity contribution in [2.24, 2.45) is 0 Å². The lowest BCUT2D eigenvalue weighted by Gasteiger charge is -2.13. The number of esters is 1. The molecule has 0 unspecified atom stereocenters. The van der Waals surface area contributed by atoms with Gasteiger partial charge in [0.25, 0.3) is 5.91 Å². The summed E-state index contributed by atoms with van der Waals surface area (Å²) >= 11 is 0.